The van der Waals surface area contributed by atoms with Gasteiger partial charge in [-0.15, -0.1) is 0 Å². The van der Waals surface area contributed by atoms with E-state index < -0.39 is 26.6 Å². The summed E-state index contributed by atoms with van der Waals surface area (Å²) < 4.78 is 52.7. The molecule has 122 valence electrons. The predicted octanol–water partition coefficient (Wildman–Crippen LogP) is 1.50. The Morgan fingerprint density at radius 2 is 1.95 bits per heavy atom. The molecule has 0 aliphatic carbocycles. The molecular formula is C14H18F2N2O3S. The van der Waals surface area contributed by atoms with E-state index in [1.54, 1.807) is 0 Å². The predicted molar refractivity (Wildman–Crippen MR) is 76.5 cm³/mol. The highest BCUT2D eigenvalue weighted by Crippen LogP contribution is 2.25. The first-order chi connectivity index (χ1) is 10.4. The molecule has 2 rings (SSSR count). The lowest BCUT2D eigenvalue weighted by atomic mass is 9.97. The molecule has 22 heavy (non-hydrogen) atoms. The average Bonchev–Trinajstić information content (AvgIpc) is 2.50. The van der Waals surface area contributed by atoms with Crippen molar-refractivity contribution in [2.24, 2.45) is 5.92 Å². The van der Waals surface area contributed by atoms with Crippen LogP contribution in [-0.2, 0) is 14.8 Å². The molecule has 1 amide bonds. The molecule has 8 heteroatoms. The van der Waals surface area contributed by atoms with E-state index in [4.69, 9.17) is 0 Å². The van der Waals surface area contributed by atoms with Gasteiger partial charge in [-0.05, 0) is 38.0 Å². The average molecular weight is 332 g/mol. The highest BCUT2D eigenvalue weighted by Gasteiger charge is 2.33. The van der Waals surface area contributed by atoms with Gasteiger partial charge < -0.3 is 5.32 Å². The van der Waals surface area contributed by atoms with Gasteiger partial charge in [0, 0.05) is 25.6 Å². The van der Waals surface area contributed by atoms with Crippen LogP contribution in [0, 0.1) is 17.6 Å². The Balaban J connectivity index is 2.13. The number of sulfonamides is 1. The van der Waals surface area contributed by atoms with Crippen LogP contribution in [0.1, 0.15) is 19.8 Å². The summed E-state index contributed by atoms with van der Waals surface area (Å²) in [5.74, 6) is -2.13. The second-order valence-electron chi connectivity index (χ2n) is 5.15. The second-order valence-corrected chi connectivity index (χ2v) is 7.05. The van der Waals surface area contributed by atoms with E-state index >= 15 is 0 Å². The Hall–Kier alpha value is -1.54. The maximum absolute atomic E-state index is 13.7. The molecule has 0 unspecified atom stereocenters. The molecule has 0 saturated carbocycles. The van der Waals surface area contributed by atoms with E-state index in [1.165, 1.54) is 0 Å². The van der Waals surface area contributed by atoms with Crippen molar-refractivity contribution in [2.45, 2.75) is 24.7 Å². The van der Waals surface area contributed by atoms with Crippen LogP contribution < -0.4 is 5.32 Å². The lowest BCUT2D eigenvalue weighted by molar-refractivity contribution is -0.126. The fourth-order valence-corrected chi connectivity index (χ4v) is 4.04. The summed E-state index contributed by atoms with van der Waals surface area (Å²) in [5.41, 5.74) is 0. The van der Waals surface area contributed by atoms with Crippen LogP contribution in [0.25, 0.3) is 0 Å². The quantitative estimate of drug-likeness (QED) is 0.909. The van der Waals surface area contributed by atoms with Crippen molar-refractivity contribution in [1.29, 1.82) is 0 Å². The summed E-state index contributed by atoms with van der Waals surface area (Å²) in [6, 6.07) is 2.35. The van der Waals surface area contributed by atoms with Crippen LogP contribution in [0.4, 0.5) is 8.78 Å². The Labute approximate surface area is 128 Å². The molecule has 5 nitrogen and oxygen atoms in total. The van der Waals surface area contributed by atoms with Gasteiger partial charge in [-0.2, -0.15) is 4.31 Å². The number of amides is 1. The van der Waals surface area contributed by atoms with E-state index in [0.717, 1.165) is 16.4 Å². The van der Waals surface area contributed by atoms with Gasteiger partial charge in [0.1, 0.15) is 16.5 Å². The van der Waals surface area contributed by atoms with Crippen LogP contribution in [0.3, 0.4) is 0 Å². The molecule has 1 saturated heterocycles. The number of hydrogen-bond acceptors (Lipinski definition) is 3. The number of carbonyl (C=O) groups excluding carboxylic acids is 1. The zero-order chi connectivity index (χ0) is 16.3. The molecule has 0 bridgehead atoms. The first-order valence-electron chi connectivity index (χ1n) is 7.09. The van der Waals surface area contributed by atoms with E-state index in [0.29, 0.717) is 25.5 Å². The fraction of sp³-hybridized carbons (Fsp3) is 0.500. The SMILES string of the molecule is CCNC(=O)C1CCN(S(=O)(=O)c2cc(F)ccc2F)CC1. The lowest BCUT2D eigenvalue weighted by Gasteiger charge is -2.30. The molecule has 0 atom stereocenters. The standard InChI is InChI=1S/C14H18F2N2O3S/c1-2-17-14(19)10-5-7-18(8-6-10)22(20,21)13-9-11(15)3-4-12(13)16/h3-4,9-10H,2,5-8H2,1H3,(H,17,19). The van der Waals surface area contributed by atoms with Crippen molar-refractivity contribution in [1.82, 2.24) is 9.62 Å². The summed E-state index contributed by atoms with van der Waals surface area (Å²) in [5, 5.41) is 2.70. The number of piperidine rings is 1. The molecule has 1 N–H and O–H groups in total. The molecule has 0 radical (unpaired) electrons. The highest BCUT2D eigenvalue weighted by atomic mass is 32.2. The number of halogens is 2. The number of rotatable bonds is 4. The molecule has 0 spiro atoms. The third kappa shape index (κ3) is 3.44. The van der Waals surface area contributed by atoms with Gasteiger partial charge in [0.2, 0.25) is 15.9 Å². The summed E-state index contributed by atoms with van der Waals surface area (Å²) in [4.78, 5) is 11.1. The van der Waals surface area contributed by atoms with Crippen LogP contribution in [-0.4, -0.2) is 38.3 Å². The van der Waals surface area contributed by atoms with E-state index in [9.17, 15) is 22.0 Å². The van der Waals surface area contributed by atoms with Crippen molar-refractivity contribution in [3.05, 3.63) is 29.8 Å². The molecule has 1 heterocycles. The maximum Gasteiger partial charge on any atom is 0.246 e. The van der Waals surface area contributed by atoms with E-state index in [-0.39, 0.29) is 24.9 Å². The first-order valence-corrected chi connectivity index (χ1v) is 8.53. The number of nitrogens with one attached hydrogen (secondary N) is 1. The van der Waals surface area contributed by atoms with Crippen molar-refractivity contribution in [2.75, 3.05) is 19.6 Å². The Kier molecular flexibility index (Phi) is 5.12. The minimum Gasteiger partial charge on any atom is -0.356 e. The van der Waals surface area contributed by atoms with Gasteiger partial charge in [-0.1, -0.05) is 0 Å². The largest absolute Gasteiger partial charge is 0.356 e. The molecule has 1 aromatic rings. The third-order valence-corrected chi connectivity index (χ3v) is 5.60. The monoisotopic (exact) mass is 332 g/mol. The van der Waals surface area contributed by atoms with Gasteiger partial charge >= 0.3 is 0 Å². The summed E-state index contributed by atoms with van der Waals surface area (Å²) in [6.07, 6.45) is 0.726. The van der Waals surface area contributed by atoms with Gasteiger partial charge in [0.05, 0.1) is 0 Å². The summed E-state index contributed by atoms with van der Waals surface area (Å²) in [6.45, 7) is 2.55. The van der Waals surface area contributed by atoms with Gasteiger partial charge in [-0.3, -0.25) is 4.79 Å². The van der Waals surface area contributed by atoms with Gasteiger partial charge in [0.15, 0.2) is 0 Å². The molecule has 1 aliphatic heterocycles. The normalized spacial score (nSPS) is 17.4. The number of carbonyl (C=O) groups is 1. The second kappa shape index (κ2) is 6.70. The van der Waals surface area contributed by atoms with Crippen molar-refractivity contribution < 1.29 is 22.0 Å². The Bertz CT molecular complexity index is 656. The lowest BCUT2D eigenvalue weighted by Crippen LogP contribution is -2.43. The minimum atomic E-state index is -4.09. The van der Waals surface area contributed by atoms with E-state index in [2.05, 4.69) is 5.32 Å². The minimum absolute atomic E-state index is 0.100. The highest BCUT2D eigenvalue weighted by molar-refractivity contribution is 7.89. The van der Waals surface area contributed by atoms with Crippen LogP contribution in [0.2, 0.25) is 0 Å². The van der Waals surface area contributed by atoms with Crippen molar-refractivity contribution in [3.8, 4) is 0 Å². The molecule has 1 aliphatic rings. The Morgan fingerprint density at radius 3 is 2.55 bits per heavy atom. The maximum atomic E-state index is 13.7. The smallest absolute Gasteiger partial charge is 0.246 e. The number of nitrogens with zero attached hydrogens (tertiary/aromatic N) is 1. The first kappa shape index (κ1) is 16.8. The van der Waals surface area contributed by atoms with Crippen molar-refractivity contribution >= 4 is 15.9 Å². The zero-order valence-corrected chi connectivity index (χ0v) is 13.0. The van der Waals surface area contributed by atoms with Crippen LogP contribution in [0.15, 0.2) is 23.1 Å². The van der Waals surface area contributed by atoms with E-state index in [1.807, 2.05) is 6.92 Å². The van der Waals surface area contributed by atoms with Gasteiger partial charge in [-0.25, -0.2) is 17.2 Å². The molecule has 1 aromatic carbocycles. The third-order valence-electron chi connectivity index (χ3n) is 3.69. The fourth-order valence-electron chi connectivity index (χ4n) is 2.49. The molecule has 0 aromatic heterocycles. The molecular weight excluding hydrogens is 314 g/mol. The van der Waals surface area contributed by atoms with Crippen LogP contribution >= 0.6 is 0 Å². The Morgan fingerprint density at radius 1 is 1.32 bits per heavy atom. The topological polar surface area (TPSA) is 66.5 Å². The zero-order valence-electron chi connectivity index (χ0n) is 12.2. The molecule has 1 fully saturated rings. The number of hydrogen-bond donors (Lipinski definition) is 1. The summed E-state index contributed by atoms with van der Waals surface area (Å²) in [7, 11) is -4.09. The van der Waals surface area contributed by atoms with Gasteiger partial charge in [0.25, 0.3) is 0 Å². The summed E-state index contributed by atoms with van der Waals surface area (Å²) >= 11 is 0. The number of benzene rings is 1. The van der Waals surface area contributed by atoms with Crippen molar-refractivity contribution in [3.63, 3.8) is 0 Å². The van der Waals surface area contributed by atoms with Crippen LogP contribution in [0.5, 0.6) is 0 Å².